The van der Waals surface area contributed by atoms with Crippen molar-refractivity contribution in [2.24, 2.45) is 0 Å². The Morgan fingerprint density at radius 1 is 0.806 bits per heavy atom. The quantitative estimate of drug-likeness (QED) is 0.477. The van der Waals surface area contributed by atoms with Crippen LogP contribution in [0.15, 0.2) is 83.2 Å². The van der Waals surface area contributed by atoms with Gasteiger partial charge in [-0.3, -0.25) is 9.59 Å². The molecule has 0 atom stereocenters. The minimum Gasteiger partial charge on any atom is -0.493 e. The molecule has 5 heteroatoms. The number of benzene rings is 3. The van der Waals surface area contributed by atoms with Gasteiger partial charge in [0.05, 0.1) is 7.11 Å². The van der Waals surface area contributed by atoms with E-state index < -0.39 is 0 Å². The normalized spacial score (nSPS) is 18.1. The summed E-state index contributed by atoms with van der Waals surface area (Å²) in [5.74, 6) is 1.15. The summed E-state index contributed by atoms with van der Waals surface area (Å²) in [5.41, 5.74) is 5.47. The highest BCUT2D eigenvalue weighted by molar-refractivity contribution is 6.06. The molecule has 0 bridgehead atoms. The molecule has 0 unspecified atom stereocenters. The molecule has 1 heterocycles. The second kappa shape index (κ2) is 9.30. The van der Waals surface area contributed by atoms with Gasteiger partial charge in [-0.25, -0.2) is 0 Å². The highest BCUT2D eigenvalue weighted by Gasteiger charge is 2.40. The number of ketones is 2. The first-order valence-corrected chi connectivity index (χ1v) is 12.7. The van der Waals surface area contributed by atoms with E-state index in [4.69, 9.17) is 9.47 Å². The summed E-state index contributed by atoms with van der Waals surface area (Å²) in [6.07, 6.45) is 4.42. The number of fused-ring (bicyclic) bond motifs is 1. The van der Waals surface area contributed by atoms with Crippen LogP contribution in [-0.2, 0) is 16.2 Å². The van der Waals surface area contributed by atoms with Gasteiger partial charge in [0.25, 0.3) is 0 Å². The SMILES string of the molecule is COc1cc(C2C3=C(CCCC3=O)NC3=C2C(=O)CCC3)ccc1OCc1cccc2ccccc12. The molecule has 0 aromatic heterocycles. The molecule has 3 aromatic carbocycles. The molecule has 0 spiro atoms. The molecule has 0 fully saturated rings. The Hall–Kier alpha value is -3.86. The molecule has 0 saturated carbocycles. The van der Waals surface area contributed by atoms with E-state index in [0.29, 0.717) is 30.9 Å². The average molecular weight is 480 g/mol. The van der Waals surface area contributed by atoms with E-state index in [1.165, 1.54) is 5.39 Å². The van der Waals surface area contributed by atoms with Crippen LogP contribution in [0.25, 0.3) is 10.8 Å². The molecule has 182 valence electrons. The van der Waals surface area contributed by atoms with Gasteiger partial charge >= 0.3 is 0 Å². The summed E-state index contributed by atoms with van der Waals surface area (Å²) in [6.45, 7) is 0.409. The van der Waals surface area contributed by atoms with Crippen molar-refractivity contribution in [3.8, 4) is 11.5 Å². The molecule has 0 radical (unpaired) electrons. The number of hydrogen-bond donors (Lipinski definition) is 1. The van der Waals surface area contributed by atoms with Crippen LogP contribution in [0.4, 0.5) is 0 Å². The Bertz CT molecular complexity index is 1400. The standard InChI is InChI=1S/C31H29NO4/c1-35-28-17-20(15-16-27(28)36-18-21-9-4-8-19-7-2-3-10-22(19)21)29-30-23(11-5-13-25(30)33)32-24-12-6-14-26(34)31(24)29/h2-4,7-10,15-17,29,32H,5-6,11-14,18H2,1H3. The number of allylic oxidation sites excluding steroid dienone is 4. The number of carbonyl (C=O) groups is 2. The fourth-order valence-electron chi connectivity index (χ4n) is 5.87. The molecule has 6 rings (SSSR count). The van der Waals surface area contributed by atoms with E-state index >= 15 is 0 Å². The van der Waals surface area contributed by atoms with E-state index in [9.17, 15) is 9.59 Å². The van der Waals surface area contributed by atoms with Crippen LogP contribution in [0.2, 0.25) is 0 Å². The third-order valence-corrected chi connectivity index (χ3v) is 7.58. The van der Waals surface area contributed by atoms with Gasteiger partial charge in [-0.1, -0.05) is 48.5 Å². The number of rotatable bonds is 5. The topological polar surface area (TPSA) is 64.6 Å². The predicted octanol–water partition coefficient (Wildman–Crippen LogP) is 6.13. The van der Waals surface area contributed by atoms with Crippen LogP contribution in [0.5, 0.6) is 11.5 Å². The molecule has 1 aliphatic heterocycles. The van der Waals surface area contributed by atoms with Gasteiger partial charge in [-0.2, -0.15) is 0 Å². The summed E-state index contributed by atoms with van der Waals surface area (Å²) in [4.78, 5) is 26.2. The van der Waals surface area contributed by atoms with Crippen molar-refractivity contribution in [3.05, 3.63) is 94.3 Å². The molecule has 1 N–H and O–H groups in total. The fraction of sp³-hybridized carbons (Fsp3) is 0.290. The summed E-state index contributed by atoms with van der Waals surface area (Å²) < 4.78 is 12.0. The minimum atomic E-state index is -0.349. The highest BCUT2D eigenvalue weighted by atomic mass is 16.5. The largest absolute Gasteiger partial charge is 0.493 e. The second-order valence-corrected chi connectivity index (χ2v) is 9.73. The zero-order valence-corrected chi connectivity index (χ0v) is 20.4. The number of dihydropyridines is 1. The molecular weight excluding hydrogens is 450 g/mol. The van der Waals surface area contributed by atoms with Gasteiger partial charge in [0.2, 0.25) is 0 Å². The van der Waals surface area contributed by atoms with E-state index in [-0.39, 0.29) is 17.5 Å². The van der Waals surface area contributed by atoms with Crippen LogP contribution in [0.1, 0.15) is 55.6 Å². The highest BCUT2D eigenvalue weighted by Crippen LogP contribution is 2.46. The number of carbonyl (C=O) groups excluding carboxylic acids is 2. The van der Waals surface area contributed by atoms with Gasteiger partial charge < -0.3 is 14.8 Å². The molecule has 3 aromatic rings. The van der Waals surface area contributed by atoms with Crippen LogP contribution in [0, 0.1) is 0 Å². The summed E-state index contributed by atoms with van der Waals surface area (Å²) >= 11 is 0. The lowest BCUT2D eigenvalue weighted by molar-refractivity contribution is -0.116. The summed E-state index contributed by atoms with van der Waals surface area (Å²) in [7, 11) is 1.62. The third-order valence-electron chi connectivity index (χ3n) is 7.58. The van der Waals surface area contributed by atoms with Crippen LogP contribution in [-0.4, -0.2) is 18.7 Å². The number of methoxy groups -OCH3 is 1. The smallest absolute Gasteiger partial charge is 0.161 e. The Labute approximate surface area is 210 Å². The van der Waals surface area contributed by atoms with Crippen molar-refractivity contribution >= 4 is 22.3 Å². The zero-order chi connectivity index (χ0) is 24.6. The van der Waals surface area contributed by atoms with Crippen molar-refractivity contribution < 1.29 is 19.1 Å². The second-order valence-electron chi connectivity index (χ2n) is 9.73. The van der Waals surface area contributed by atoms with Gasteiger partial charge in [0.15, 0.2) is 23.1 Å². The van der Waals surface area contributed by atoms with Crippen molar-refractivity contribution in [2.75, 3.05) is 7.11 Å². The number of hydrogen-bond acceptors (Lipinski definition) is 5. The lowest BCUT2D eigenvalue weighted by Gasteiger charge is -2.37. The van der Waals surface area contributed by atoms with Gasteiger partial charge in [0, 0.05) is 41.3 Å². The van der Waals surface area contributed by atoms with Crippen molar-refractivity contribution in [3.63, 3.8) is 0 Å². The van der Waals surface area contributed by atoms with Crippen molar-refractivity contribution in [1.29, 1.82) is 0 Å². The Balaban J connectivity index is 1.36. The van der Waals surface area contributed by atoms with Gasteiger partial charge in [0.1, 0.15) is 6.61 Å². The fourth-order valence-corrected chi connectivity index (χ4v) is 5.87. The molecule has 5 nitrogen and oxygen atoms in total. The monoisotopic (exact) mass is 479 g/mol. The number of nitrogens with one attached hydrogen (secondary N) is 1. The van der Waals surface area contributed by atoms with E-state index in [1.54, 1.807) is 7.11 Å². The molecule has 36 heavy (non-hydrogen) atoms. The maximum Gasteiger partial charge on any atom is 0.161 e. The first-order chi connectivity index (χ1) is 17.6. The molecule has 0 saturated heterocycles. The summed E-state index contributed by atoms with van der Waals surface area (Å²) in [6, 6.07) is 20.3. The lowest BCUT2D eigenvalue weighted by atomic mass is 9.71. The van der Waals surface area contributed by atoms with Gasteiger partial charge in [-0.05, 0) is 59.7 Å². The molecule has 0 amide bonds. The Morgan fingerprint density at radius 2 is 1.50 bits per heavy atom. The maximum atomic E-state index is 13.1. The van der Waals surface area contributed by atoms with E-state index in [1.807, 2.05) is 36.4 Å². The van der Waals surface area contributed by atoms with Crippen molar-refractivity contribution in [1.82, 2.24) is 5.32 Å². The van der Waals surface area contributed by atoms with Crippen LogP contribution < -0.4 is 14.8 Å². The van der Waals surface area contributed by atoms with Crippen molar-refractivity contribution in [2.45, 2.75) is 51.0 Å². The summed E-state index contributed by atoms with van der Waals surface area (Å²) in [5, 5.41) is 5.81. The molecular formula is C31H29NO4. The Kier molecular flexibility index (Phi) is 5.84. The van der Waals surface area contributed by atoms with Crippen LogP contribution in [0.3, 0.4) is 0 Å². The minimum absolute atomic E-state index is 0.133. The lowest BCUT2D eigenvalue weighted by Crippen LogP contribution is -2.36. The maximum absolute atomic E-state index is 13.1. The number of Topliss-reactive ketones (excluding diaryl/α,β-unsaturated/α-hetero) is 2. The van der Waals surface area contributed by atoms with Crippen LogP contribution >= 0.6 is 0 Å². The third kappa shape index (κ3) is 3.89. The first-order valence-electron chi connectivity index (χ1n) is 12.7. The average Bonchev–Trinajstić information content (AvgIpc) is 2.91. The number of ether oxygens (including phenoxy) is 2. The molecule has 2 aliphatic carbocycles. The predicted molar refractivity (Wildman–Crippen MR) is 139 cm³/mol. The first kappa shape index (κ1) is 22.6. The van der Waals surface area contributed by atoms with E-state index in [0.717, 1.165) is 64.7 Å². The Morgan fingerprint density at radius 3 is 2.22 bits per heavy atom. The van der Waals surface area contributed by atoms with E-state index in [2.05, 4.69) is 29.6 Å². The zero-order valence-electron chi connectivity index (χ0n) is 20.4. The van der Waals surface area contributed by atoms with Gasteiger partial charge in [-0.15, -0.1) is 0 Å². The molecule has 3 aliphatic rings.